The van der Waals surface area contributed by atoms with E-state index in [1.807, 2.05) is 0 Å². The van der Waals surface area contributed by atoms with Gasteiger partial charge >= 0.3 is 0 Å². The monoisotopic (exact) mass is 517 g/mol. The standard InChI is InChI=1S/C19H24ClN5O6S2/c20-16-2-1-13(32-16)4-10-33(28,29)23-14-3-5-25(18(14)26)15(11-17-21-12-22-31-17)19(27)24-6-8-30-9-7-24/h1-2,12,14-15,23H,3-11H2/t14-,15-/m0/s1. The highest BCUT2D eigenvalue weighted by Gasteiger charge is 2.42. The number of nitrogens with zero attached hydrogens (tertiary/aromatic N) is 4. The van der Waals surface area contributed by atoms with Crippen LogP contribution in [0.25, 0.3) is 0 Å². The van der Waals surface area contributed by atoms with Gasteiger partial charge in [0.05, 0.1) is 29.7 Å². The van der Waals surface area contributed by atoms with Crippen LogP contribution in [-0.4, -0.2) is 90.9 Å². The minimum absolute atomic E-state index is 0.0561. The number of thiophene rings is 1. The maximum Gasteiger partial charge on any atom is 0.246 e. The molecule has 2 aromatic rings. The average Bonchev–Trinajstić information content (AvgIpc) is 3.54. The first kappa shape index (κ1) is 24.1. The lowest BCUT2D eigenvalue weighted by molar-refractivity contribution is -0.146. The fraction of sp³-hybridized carbons (Fsp3) is 0.579. The van der Waals surface area contributed by atoms with Crippen molar-refractivity contribution < 1.29 is 27.3 Å². The first-order valence-corrected chi connectivity index (χ1v) is 13.3. The number of halogens is 1. The van der Waals surface area contributed by atoms with E-state index in [1.54, 1.807) is 17.0 Å². The van der Waals surface area contributed by atoms with Gasteiger partial charge in [-0.15, -0.1) is 11.3 Å². The molecule has 0 spiro atoms. The van der Waals surface area contributed by atoms with Crippen molar-refractivity contribution in [1.82, 2.24) is 24.7 Å². The van der Waals surface area contributed by atoms with Crippen LogP contribution in [0.4, 0.5) is 0 Å². The van der Waals surface area contributed by atoms with Gasteiger partial charge in [0.15, 0.2) is 6.33 Å². The molecule has 2 aromatic heterocycles. The van der Waals surface area contributed by atoms with E-state index in [1.165, 1.54) is 22.6 Å². The predicted molar refractivity (Wildman–Crippen MR) is 119 cm³/mol. The molecule has 2 amide bonds. The quantitative estimate of drug-likeness (QED) is 0.502. The summed E-state index contributed by atoms with van der Waals surface area (Å²) in [5.41, 5.74) is 0. The van der Waals surface area contributed by atoms with E-state index < -0.39 is 28.0 Å². The van der Waals surface area contributed by atoms with E-state index >= 15 is 0 Å². The average molecular weight is 518 g/mol. The summed E-state index contributed by atoms with van der Waals surface area (Å²) in [5.74, 6) is -0.619. The minimum Gasteiger partial charge on any atom is -0.378 e. The number of nitrogens with one attached hydrogen (secondary N) is 1. The number of ether oxygens (including phenoxy) is 1. The summed E-state index contributed by atoms with van der Waals surface area (Å²) in [6.07, 6.45) is 1.85. The van der Waals surface area contributed by atoms with Crippen LogP contribution in [0.15, 0.2) is 23.0 Å². The zero-order valence-electron chi connectivity index (χ0n) is 17.7. The summed E-state index contributed by atoms with van der Waals surface area (Å²) < 4.78 is 38.7. The van der Waals surface area contributed by atoms with Crippen LogP contribution in [0.1, 0.15) is 17.2 Å². The third-order valence-electron chi connectivity index (χ3n) is 5.57. The Bertz CT molecular complexity index is 1070. The van der Waals surface area contributed by atoms with Crippen LogP contribution in [0, 0.1) is 0 Å². The predicted octanol–water partition coefficient (Wildman–Crippen LogP) is 0.317. The second kappa shape index (κ2) is 10.5. The van der Waals surface area contributed by atoms with Crippen molar-refractivity contribution in [2.75, 3.05) is 38.6 Å². The lowest BCUT2D eigenvalue weighted by atomic mass is 10.1. The fourth-order valence-electron chi connectivity index (χ4n) is 3.89. The number of aryl methyl sites for hydroxylation is 1. The first-order valence-electron chi connectivity index (χ1n) is 10.5. The van der Waals surface area contributed by atoms with Crippen LogP contribution in [0.2, 0.25) is 4.34 Å². The van der Waals surface area contributed by atoms with E-state index in [0.717, 1.165) is 4.88 Å². The van der Waals surface area contributed by atoms with Gasteiger partial charge in [-0.05, 0) is 25.0 Å². The largest absolute Gasteiger partial charge is 0.378 e. The zero-order valence-corrected chi connectivity index (χ0v) is 20.1. The third kappa shape index (κ3) is 6.09. The second-order valence-electron chi connectivity index (χ2n) is 7.76. The number of amides is 2. The Hall–Kier alpha value is -2.06. The first-order chi connectivity index (χ1) is 15.8. The number of morpholine rings is 1. The number of sulfonamides is 1. The molecule has 0 aromatic carbocycles. The van der Waals surface area contributed by atoms with Crippen molar-refractivity contribution >= 4 is 44.8 Å². The molecule has 0 radical (unpaired) electrons. The van der Waals surface area contributed by atoms with Crippen molar-refractivity contribution in [2.45, 2.75) is 31.3 Å². The highest BCUT2D eigenvalue weighted by Crippen LogP contribution is 2.23. The van der Waals surface area contributed by atoms with E-state index in [9.17, 15) is 18.0 Å². The van der Waals surface area contributed by atoms with Crippen LogP contribution in [0.3, 0.4) is 0 Å². The highest BCUT2D eigenvalue weighted by molar-refractivity contribution is 7.89. The Balaban J connectivity index is 1.42. The number of likely N-dealkylation sites (tertiary alicyclic amines) is 1. The molecule has 2 fully saturated rings. The SMILES string of the molecule is O=C([C@H](Cc1ncno1)N1CC[C@H](NS(=O)(=O)CCc2ccc(Cl)s2)C1=O)N1CCOCC1. The van der Waals surface area contributed by atoms with Gasteiger partial charge in [-0.1, -0.05) is 16.8 Å². The van der Waals surface area contributed by atoms with Gasteiger partial charge in [0.2, 0.25) is 27.7 Å². The van der Waals surface area contributed by atoms with Crippen molar-refractivity contribution in [1.29, 1.82) is 0 Å². The van der Waals surface area contributed by atoms with Gasteiger partial charge in [-0.3, -0.25) is 9.59 Å². The Morgan fingerprint density at radius 1 is 1.30 bits per heavy atom. The molecule has 14 heteroatoms. The highest BCUT2D eigenvalue weighted by atomic mass is 35.5. The summed E-state index contributed by atoms with van der Waals surface area (Å²) in [6.45, 7) is 1.92. The lowest BCUT2D eigenvalue weighted by Crippen LogP contribution is -2.54. The van der Waals surface area contributed by atoms with E-state index in [2.05, 4.69) is 14.9 Å². The Kier molecular flexibility index (Phi) is 7.64. The fourth-order valence-corrected chi connectivity index (χ4v) is 6.37. The molecule has 0 unspecified atom stereocenters. The molecule has 0 bridgehead atoms. The lowest BCUT2D eigenvalue weighted by Gasteiger charge is -2.34. The number of hydrogen-bond donors (Lipinski definition) is 1. The second-order valence-corrected chi connectivity index (χ2v) is 11.4. The third-order valence-corrected chi connectivity index (χ3v) is 8.24. The molecule has 0 aliphatic carbocycles. The van der Waals surface area contributed by atoms with Crippen molar-refractivity contribution in [3.8, 4) is 0 Å². The van der Waals surface area contributed by atoms with Crippen LogP contribution >= 0.6 is 22.9 Å². The van der Waals surface area contributed by atoms with E-state index in [0.29, 0.717) is 37.1 Å². The molecule has 4 rings (SSSR count). The maximum absolute atomic E-state index is 13.2. The molecule has 4 heterocycles. The van der Waals surface area contributed by atoms with E-state index in [-0.39, 0.29) is 36.9 Å². The number of aromatic nitrogens is 2. The van der Waals surface area contributed by atoms with Crippen molar-refractivity contribution in [2.24, 2.45) is 0 Å². The minimum atomic E-state index is -3.71. The molecule has 11 nitrogen and oxygen atoms in total. The molecule has 2 aliphatic rings. The molecule has 0 saturated carbocycles. The van der Waals surface area contributed by atoms with Gasteiger partial charge in [-0.25, -0.2) is 13.1 Å². The van der Waals surface area contributed by atoms with Gasteiger partial charge in [-0.2, -0.15) is 4.98 Å². The zero-order chi connectivity index (χ0) is 23.4. The molecular formula is C19H24ClN5O6S2. The van der Waals surface area contributed by atoms with Gasteiger partial charge in [0.25, 0.3) is 0 Å². The van der Waals surface area contributed by atoms with Gasteiger partial charge in [0.1, 0.15) is 12.1 Å². The Morgan fingerprint density at radius 3 is 2.76 bits per heavy atom. The summed E-state index contributed by atoms with van der Waals surface area (Å²) in [5, 5.41) is 3.57. The van der Waals surface area contributed by atoms with Crippen LogP contribution in [0.5, 0.6) is 0 Å². The molecule has 180 valence electrons. The molecule has 1 N–H and O–H groups in total. The molecule has 33 heavy (non-hydrogen) atoms. The molecule has 2 saturated heterocycles. The summed E-state index contributed by atoms with van der Waals surface area (Å²) in [4.78, 5) is 34.3. The summed E-state index contributed by atoms with van der Waals surface area (Å²) in [6, 6.07) is 1.71. The van der Waals surface area contributed by atoms with Crippen LogP contribution < -0.4 is 4.72 Å². The molecule has 2 atom stereocenters. The number of carbonyl (C=O) groups excluding carboxylic acids is 2. The van der Waals surface area contributed by atoms with E-state index in [4.69, 9.17) is 20.9 Å². The maximum atomic E-state index is 13.2. The number of carbonyl (C=O) groups is 2. The van der Waals surface area contributed by atoms with Crippen molar-refractivity contribution in [3.63, 3.8) is 0 Å². The molecular weight excluding hydrogens is 494 g/mol. The summed E-state index contributed by atoms with van der Waals surface area (Å²) in [7, 11) is -3.71. The normalized spacial score (nSPS) is 20.4. The Labute approximate surface area is 200 Å². The number of rotatable bonds is 9. The van der Waals surface area contributed by atoms with Crippen molar-refractivity contribution in [3.05, 3.63) is 33.6 Å². The topological polar surface area (TPSA) is 135 Å². The Morgan fingerprint density at radius 2 is 2.09 bits per heavy atom. The summed E-state index contributed by atoms with van der Waals surface area (Å²) >= 11 is 7.22. The smallest absolute Gasteiger partial charge is 0.246 e. The molecule has 2 aliphatic heterocycles. The van der Waals surface area contributed by atoms with Gasteiger partial charge in [0, 0.05) is 24.5 Å². The van der Waals surface area contributed by atoms with Crippen LogP contribution in [-0.2, 0) is 37.2 Å². The number of hydrogen-bond acceptors (Lipinski definition) is 9. The van der Waals surface area contributed by atoms with Gasteiger partial charge < -0.3 is 19.1 Å².